The summed E-state index contributed by atoms with van der Waals surface area (Å²) in [6, 6.07) is 7.56. The van der Waals surface area contributed by atoms with Gasteiger partial charge in [-0.1, -0.05) is 12.1 Å². The van der Waals surface area contributed by atoms with Crippen LogP contribution in [0.5, 0.6) is 0 Å². The van der Waals surface area contributed by atoms with Crippen molar-refractivity contribution >= 4 is 33.0 Å². The van der Waals surface area contributed by atoms with E-state index in [-0.39, 0.29) is 5.75 Å². The molecule has 0 amide bonds. The molecule has 1 fully saturated rings. The van der Waals surface area contributed by atoms with Gasteiger partial charge in [-0.15, -0.1) is 11.6 Å². The van der Waals surface area contributed by atoms with Gasteiger partial charge in [-0.2, -0.15) is 0 Å². The molecule has 1 saturated heterocycles. The summed E-state index contributed by atoms with van der Waals surface area (Å²) in [4.78, 5) is 2.22. The fraction of sp³-hybridized carbons (Fsp3) is 0.538. The quantitative estimate of drug-likeness (QED) is 0.822. The molecule has 6 heteroatoms. The van der Waals surface area contributed by atoms with Gasteiger partial charge < -0.3 is 4.90 Å². The summed E-state index contributed by atoms with van der Waals surface area (Å²) in [5.74, 6) is 0.416. The molecule has 0 radical (unpaired) electrons. The molecule has 0 aromatic heterocycles. The molecule has 1 aromatic rings. The summed E-state index contributed by atoms with van der Waals surface area (Å²) in [7, 11) is -3.31. The zero-order valence-corrected chi connectivity index (χ0v) is 12.4. The minimum Gasteiger partial charge on any atom is -0.370 e. The first-order valence-electron chi connectivity index (χ1n) is 6.53. The largest absolute Gasteiger partial charge is 0.370 e. The van der Waals surface area contributed by atoms with Gasteiger partial charge in [0.25, 0.3) is 0 Å². The molecule has 1 aliphatic heterocycles. The standard InChI is InChI=1S/C13H19ClN2O2S/c14-8-5-11-19(17,18)15-12-6-1-2-7-13(12)16-9-3-4-10-16/h1-2,6-7,15H,3-5,8-11H2. The van der Waals surface area contributed by atoms with Crippen LogP contribution in [-0.4, -0.2) is 33.1 Å². The molecule has 2 rings (SSSR count). The molecule has 0 bridgehead atoms. The number of halogens is 1. The van der Waals surface area contributed by atoms with Crippen LogP contribution in [0.3, 0.4) is 0 Å². The van der Waals surface area contributed by atoms with Gasteiger partial charge in [0.05, 0.1) is 17.1 Å². The minimum atomic E-state index is -3.31. The van der Waals surface area contributed by atoms with Crippen molar-refractivity contribution in [1.29, 1.82) is 0 Å². The summed E-state index contributed by atoms with van der Waals surface area (Å²) in [5.41, 5.74) is 1.63. The van der Waals surface area contributed by atoms with Gasteiger partial charge in [0.15, 0.2) is 0 Å². The molecule has 4 nitrogen and oxygen atoms in total. The van der Waals surface area contributed by atoms with Gasteiger partial charge in [-0.25, -0.2) is 8.42 Å². The van der Waals surface area contributed by atoms with Crippen LogP contribution in [0.2, 0.25) is 0 Å². The van der Waals surface area contributed by atoms with Crippen LogP contribution in [0.1, 0.15) is 19.3 Å². The minimum absolute atomic E-state index is 0.0604. The molecule has 1 aliphatic rings. The monoisotopic (exact) mass is 302 g/mol. The van der Waals surface area contributed by atoms with E-state index in [1.807, 2.05) is 24.3 Å². The lowest BCUT2D eigenvalue weighted by molar-refractivity contribution is 0.600. The first kappa shape index (κ1) is 14.5. The number of hydrogen-bond donors (Lipinski definition) is 1. The van der Waals surface area contributed by atoms with E-state index in [9.17, 15) is 8.42 Å². The fourth-order valence-electron chi connectivity index (χ4n) is 2.26. The van der Waals surface area contributed by atoms with Gasteiger partial charge in [0.1, 0.15) is 0 Å². The number of hydrogen-bond acceptors (Lipinski definition) is 3. The summed E-state index contributed by atoms with van der Waals surface area (Å²) >= 11 is 5.54. The summed E-state index contributed by atoms with van der Waals surface area (Å²) in [6.45, 7) is 1.97. The van der Waals surface area contributed by atoms with Crippen LogP contribution < -0.4 is 9.62 Å². The van der Waals surface area contributed by atoms with Crippen molar-refractivity contribution in [1.82, 2.24) is 0 Å². The molecule has 106 valence electrons. The Kier molecular flexibility index (Phi) is 4.93. The van der Waals surface area contributed by atoms with E-state index in [2.05, 4.69) is 9.62 Å². The van der Waals surface area contributed by atoms with Crippen LogP contribution in [0.15, 0.2) is 24.3 Å². The maximum Gasteiger partial charge on any atom is 0.232 e. The molecule has 0 spiro atoms. The van der Waals surface area contributed by atoms with Gasteiger partial charge in [-0.05, 0) is 31.4 Å². The molecular weight excluding hydrogens is 284 g/mol. The third kappa shape index (κ3) is 4.01. The molecule has 0 saturated carbocycles. The third-order valence-corrected chi connectivity index (χ3v) is 4.79. The summed E-state index contributed by atoms with van der Waals surface area (Å²) in [6.07, 6.45) is 2.78. The van der Waals surface area contributed by atoms with Crippen molar-refractivity contribution < 1.29 is 8.42 Å². The molecule has 0 atom stereocenters. The Morgan fingerprint density at radius 3 is 2.58 bits per heavy atom. The highest BCUT2D eigenvalue weighted by Gasteiger charge is 2.18. The van der Waals surface area contributed by atoms with Gasteiger partial charge in [0, 0.05) is 19.0 Å². The number of benzene rings is 1. The van der Waals surface area contributed by atoms with Crippen molar-refractivity contribution in [3.8, 4) is 0 Å². The highest BCUT2D eigenvalue weighted by atomic mass is 35.5. The zero-order valence-electron chi connectivity index (χ0n) is 10.8. The number of alkyl halides is 1. The molecule has 0 unspecified atom stereocenters. The lowest BCUT2D eigenvalue weighted by Crippen LogP contribution is -2.22. The summed E-state index contributed by atoms with van der Waals surface area (Å²) < 4.78 is 26.5. The molecule has 1 N–H and O–H groups in total. The molecule has 1 aromatic carbocycles. The van der Waals surface area contributed by atoms with Crippen molar-refractivity contribution in [3.05, 3.63) is 24.3 Å². The topological polar surface area (TPSA) is 49.4 Å². The molecule has 1 heterocycles. The van der Waals surface area contributed by atoms with E-state index in [0.29, 0.717) is 18.0 Å². The van der Waals surface area contributed by atoms with E-state index in [4.69, 9.17) is 11.6 Å². The van der Waals surface area contributed by atoms with Gasteiger partial charge >= 0.3 is 0 Å². The first-order chi connectivity index (χ1) is 9.12. The van der Waals surface area contributed by atoms with Crippen LogP contribution in [0, 0.1) is 0 Å². The number of para-hydroxylation sites is 2. The zero-order chi connectivity index (χ0) is 13.7. The molecule has 19 heavy (non-hydrogen) atoms. The lowest BCUT2D eigenvalue weighted by atomic mass is 10.2. The number of nitrogens with zero attached hydrogens (tertiary/aromatic N) is 1. The van der Waals surface area contributed by atoms with E-state index >= 15 is 0 Å². The van der Waals surface area contributed by atoms with Crippen LogP contribution in [0.25, 0.3) is 0 Å². The van der Waals surface area contributed by atoms with Crippen LogP contribution in [-0.2, 0) is 10.0 Å². The number of anilines is 2. The van der Waals surface area contributed by atoms with Crippen LogP contribution >= 0.6 is 11.6 Å². The maximum absolute atomic E-state index is 11.9. The summed E-state index contributed by atoms with van der Waals surface area (Å²) in [5, 5.41) is 0. The Bertz CT molecular complexity index is 513. The van der Waals surface area contributed by atoms with E-state index in [1.54, 1.807) is 0 Å². The second kappa shape index (κ2) is 6.48. The lowest BCUT2D eigenvalue weighted by Gasteiger charge is -2.21. The Hall–Kier alpha value is -0.940. The van der Waals surface area contributed by atoms with Crippen molar-refractivity contribution in [2.45, 2.75) is 19.3 Å². The second-order valence-corrected chi connectivity index (χ2v) is 6.89. The molecular formula is C13H19ClN2O2S. The molecule has 0 aliphatic carbocycles. The first-order valence-corrected chi connectivity index (χ1v) is 8.71. The van der Waals surface area contributed by atoms with E-state index in [1.165, 1.54) is 0 Å². The Morgan fingerprint density at radius 2 is 1.89 bits per heavy atom. The number of rotatable bonds is 6. The van der Waals surface area contributed by atoms with Gasteiger partial charge in [-0.3, -0.25) is 4.72 Å². The average molecular weight is 303 g/mol. The van der Waals surface area contributed by atoms with Crippen molar-refractivity contribution in [2.75, 3.05) is 34.3 Å². The second-order valence-electron chi connectivity index (χ2n) is 4.67. The van der Waals surface area contributed by atoms with E-state index in [0.717, 1.165) is 31.6 Å². The van der Waals surface area contributed by atoms with Crippen LogP contribution in [0.4, 0.5) is 11.4 Å². The Morgan fingerprint density at radius 1 is 1.21 bits per heavy atom. The van der Waals surface area contributed by atoms with Crippen molar-refractivity contribution in [3.63, 3.8) is 0 Å². The fourth-order valence-corrected chi connectivity index (χ4v) is 3.68. The number of nitrogens with one attached hydrogen (secondary N) is 1. The predicted octanol–water partition coefficient (Wildman–Crippen LogP) is 2.66. The van der Waals surface area contributed by atoms with Gasteiger partial charge in [0.2, 0.25) is 10.0 Å². The average Bonchev–Trinajstić information content (AvgIpc) is 2.90. The highest BCUT2D eigenvalue weighted by Crippen LogP contribution is 2.29. The highest BCUT2D eigenvalue weighted by molar-refractivity contribution is 7.92. The third-order valence-electron chi connectivity index (χ3n) is 3.16. The number of sulfonamides is 1. The normalized spacial score (nSPS) is 15.7. The van der Waals surface area contributed by atoms with Crippen molar-refractivity contribution in [2.24, 2.45) is 0 Å². The predicted molar refractivity (Wildman–Crippen MR) is 80.6 cm³/mol. The SMILES string of the molecule is O=S(=O)(CCCCl)Nc1ccccc1N1CCCC1. The Balaban J connectivity index is 2.15. The Labute approximate surface area is 119 Å². The van der Waals surface area contributed by atoms with E-state index < -0.39 is 10.0 Å². The maximum atomic E-state index is 11.9. The smallest absolute Gasteiger partial charge is 0.232 e.